The molecule has 2 amide bonds. The lowest BCUT2D eigenvalue weighted by Crippen LogP contribution is -2.50. The summed E-state index contributed by atoms with van der Waals surface area (Å²) in [5.74, 6) is 0.0976. The monoisotopic (exact) mass is 369 g/mol. The van der Waals surface area contributed by atoms with Gasteiger partial charge in [-0.3, -0.25) is 0 Å². The highest BCUT2D eigenvalue weighted by Gasteiger charge is 2.21. The SMILES string of the molecule is CCS(=O)(=O)c1ccc(N2CCC(NC(=O)NC(C)CO)CC2)cc1. The van der Waals surface area contributed by atoms with E-state index in [1.54, 1.807) is 26.0 Å². The maximum Gasteiger partial charge on any atom is 0.315 e. The van der Waals surface area contributed by atoms with E-state index in [2.05, 4.69) is 15.5 Å². The smallest absolute Gasteiger partial charge is 0.315 e. The molecule has 1 aromatic carbocycles. The van der Waals surface area contributed by atoms with Crippen LogP contribution in [0.4, 0.5) is 10.5 Å². The zero-order valence-electron chi connectivity index (χ0n) is 14.7. The Morgan fingerprint density at radius 1 is 1.28 bits per heavy atom. The zero-order chi connectivity index (χ0) is 18.4. The van der Waals surface area contributed by atoms with Crippen molar-refractivity contribution >= 4 is 21.6 Å². The number of anilines is 1. The van der Waals surface area contributed by atoms with E-state index in [1.165, 1.54) is 0 Å². The Bertz CT molecular complexity index is 668. The highest BCUT2D eigenvalue weighted by molar-refractivity contribution is 7.91. The molecule has 7 nitrogen and oxygen atoms in total. The summed E-state index contributed by atoms with van der Waals surface area (Å²) in [6, 6.07) is 6.57. The molecule has 1 unspecified atom stereocenters. The molecular weight excluding hydrogens is 342 g/mol. The van der Waals surface area contributed by atoms with Crippen molar-refractivity contribution in [3.05, 3.63) is 24.3 Å². The van der Waals surface area contributed by atoms with Crippen LogP contribution in [0.1, 0.15) is 26.7 Å². The molecule has 1 saturated heterocycles. The number of benzene rings is 1. The minimum absolute atomic E-state index is 0.0877. The van der Waals surface area contributed by atoms with Crippen LogP contribution in [0.5, 0.6) is 0 Å². The molecule has 1 aliphatic rings. The number of carbonyl (C=O) groups excluding carboxylic acids is 1. The van der Waals surface area contributed by atoms with E-state index in [0.717, 1.165) is 31.6 Å². The predicted molar refractivity (Wildman–Crippen MR) is 97.6 cm³/mol. The summed E-state index contributed by atoms with van der Waals surface area (Å²) in [7, 11) is -3.17. The Morgan fingerprint density at radius 3 is 2.40 bits per heavy atom. The summed E-state index contributed by atoms with van der Waals surface area (Å²) >= 11 is 0. The molecule has 3 N–H and O–H groups in total. The Hall–Kier alpha value is -1.80. The van der Waals surface area contributed by atoms with Gasteiger partial charge in [-0.05, 0) is 44.0 Å². The average Bonchev–Trinajstić information content (AvgIpc) is 2.62. The summed E-state index contributed by atoms with van der Waals surface area (Å²) in [5.41, 5.74) is 0.992. The van der Waals surface area contributed by atoms with E-state index in [9.17, 15) is 13.2 Å². The van der Waals surface area contributed by atoms with Gasteiger partial charge in [0, 0.05) is 24.8 Å². The van der Waals surface area contributed by atoms with E-state index in [0.29, 0.717) is 4.90 Å². The predicted octanol–water partition coefficient (Wildman–Crippen LogP) is 1.13. The molecule has 1 aromatic rings. The number of nitrogens with zero attached hydrogens (tertiary/aromatic N) is 1. The molecule has 8 heteroatoms. The number of sulfone groups is 1. The highest BCUT2D eigenvalue weighted by atomic mass is 32.2. The number of aliphatic hydroxyl groups is 1. The van der Waals surface area contributed by atoms with Crippen molar-refractivity contribution in [3.8, 4) is 0 Å². The number of rotatable bonds is 6. The maximum atomic E-state index is 11.9. The van der Waals surface area contributed by atoms with E-state index in [-0.39, 0.29) is 30.5 Å². The molecule has 0 radical (unpaired) electrons. The lowest BCUT2D eigenvalue weighted by Gasteiger charge is -2.34. The van der Waals surface area contributed by atoms with Gasteiger partial charge in [-0.25, -0.2) is 13.2 Å². The largest absolute Gasteiger partial charge is 0.394 e. The number of aliphatic hydroxyl groups excluding tert-OH is 1. The van der Waals surface area contributed by atoms with Gasteiger partial charge in [0.1, 0.15) is 0 Å². The number of hydrogen-bond acceptors (Lipinski definition) is 5. The quantitative estimate of drug-likeness (QED) is 0.698. The third-order valence-electron chi connectivity index (χ3n) is 4.42. The molecule has 2 rings (SSSR count). The van der Waals surface area contributed by atoms with Crippen LogP contribution in [0.2, 0.25) is 0 Å². The van der Waals surface area contributed by atoms with Gasteiger partial charge in [-0.15, -0.1) is 0 Å². The molecule has 1 aliphatic heterocycles. The van der Waals surface area contributed by atoms with Crippen LogP contribution in [-0.2, 0) is 9.84 Å². The van der Waals surface area contributed by atoms with Crippen molar-refractivity contribution in [2.75, 3.05) is 30.3 Å². The highest BCUT2D eigenvalue weighted by Crippen LogP contribution is 2.22. The maximum absolute atomic E-state index is 11.9. The van der Waals surface area contributed by atoms with Crippen molar-refractivity contribution in [3.63, 3.8) is 0 Å². The molecule has 140 valence electrons. The lowest BCUT2D eigenvalue weighted by atomic mass is 10.0. The number of hydrogen-bond donors (Lipinski definition) is 3. The second kappa shape index (κ2) is 8.53. The molecule has 0 saturated carbocycles. The molecule has 0 aromatic heterocycles. The minimum Gasteiger partial charge on any atom is -0.394 e. The van der Waals surface area contributed by atoms with Crippen LogP contribution in [0, 0.1) is 0 Å². The molecular formula is C17H27N3O4S. The number of nitrogens with one attached hydrogen (secondary N) is 2. The van der Waals surface area contributed by atoms with Crippen LogP contribution >= 0.6 is 0 Å². The summed E-state index contributed by atoms with van der Waals surface area (Å²) in [5, 5.41) is 14.5. The summed E-state index contributed by atoms with van der Waals surface area (Å²) in [6.07, 6.45) is 1.63. The van der Waals surface area contributed by atoms with Crippen LogP contribution < -0.4 is 15.5 Å². The van der Waals surface area contributed by atoms with Crippen molar-refractivity contribution in [2.24, 2.45) is 0 Å². The molecule has 1 fully saturated rings. The van der Waals surface area contributed by atoms with Crippen molar-refractivity contribution in [1.29, 1.82) is 0 Å². The van der Waals surface area contributed by atoms with E-state index in [1.807, 2.05) is 12.1 Å². The number of urea groups is 1. The molecule has 25 heavy (non-hydrogen) atoms. The standard InChI is InChI=1S/C17H27N3O4S/c1-3-25(23,24)16-6-4-15(5-7-16)20-10-8-14(9-11-20)19-17(22)18-13(2)12-21/h4-7,13-14,21H,3,8-12H2,1-2H3,(H2,18,19,22). The first-order valence-corrected chi connectivity index (χ1v) is 10.3. The Morgan fingerprint density at radius 2 is 1.88 bits per heavy atom. The van der Waals surface area contributed by atoms with E-state index in [4.69, 9.17) is 5.11 Å². The normalized spacial score (nSPS) is 17.2. The number of amides is 2. The van der Waals surface area contributed by atoms with Gasteiger partial charge in [0.25, 0.3) is 0 Å². The van der Waals surface area contributed by atoms with Crippen LogP contribution in [-0.4, -0.2) is 57.1 Å². The summed E-state index contributed by atoms with van der Waals surface area (Å²) < 4.78 is 23.7. The molecule has 0 bridgehead atoms. The van der Waals surface area contributed by atoms with E-state index < -0.39 is 9.84 Å². The first-order valence-electron chi connectivity index (χ1n) is 8.61. The van der Waals surface area contributed by atoms with E-state index >= 15 is 0 Å². The lowest BCUT2D eigenvalue weighted by molar-refractivity contribution is 0.215. The van der Waals surface area contributed by atoms with Crippen molar-refractivity contribution in [1.82, 2.24) is 10.6 Å². The Labute approximate surface area is 149 Å². The van der Waals surface area contributed by atoms with Gasteiger partial charge in [-0.2, -0.15) is 0 Å². The molecule has 0 spiro atoms. The minimum atomic E-state index is -3.17. The fourth-order valence-electron chi connectivity index (χ4n) is 2.81. The number of piperidine rings is 1. The van der Waals surface area contributed by atoms with Gasteiger partial charge in [0.15, 0.2) is 9.84 Å². The Kier molecular flexibility index (Phi) is 6.66. The fourth-order valence-corrected chi connectivity index (χ4v) is 3.69. The first kappa shape index (κ1) is 19.5. The van der Waals surface area contributed by atoms with Gasteiger partial charge in [0.2, 0.25) is 0 Å². The van der Waals surface area contributed by atoms with Crippen LogP contribution in [0.15, 0.2) is 29.2 Å². The third-order valence-corrected chi connectivity index (χ3v) is 6.17. The summed E-state index contributed by atoms with van der Waals surface area (Å²) in [4.78, 5) is 14.3. The van der Waals surface area contributed by atoms with Crippen LogP contribution in [0.25, 0.3) is 0 Å². The molecule has 1 heterocycles. The van der Waals surface area contributed by atoms with Gasteiger partial charge in [0.05, 0.1) is 23.3 Å². The second-order valence-electron chi connectivity index (χ2n) is 6.36. The zero-order valence-corrected chi connectivity index (χ0v) is 15.6. The molecule has 1 atom stereocenters. The third kappa shape index (κ3) is 5.34. The average molecular weight is 369 g/mol. The first-order chi connectivity index (χ1) is 11.9. The van der Waals surface area contributed by atoms with Gasteiger partial charge in [-0.1, -0.05) is 6.92 Å². The fraction of sp³-hybridized carbons (Fsp3) is 0.588. The molecule has 0 aliphatic carbocycles. The van der Waals surface area contributed by atoms with Crippen molar-refractivity contribution < 1.29 is 18.3 Å². The second-order valence-corrected chi connectivity index (χ2v) is 8.64. The topological polar surface area (TPSA) is 98.7 Å². The Balaban J connectivity index is 1.87. The van der Waals surface area contributed by atoms with Gasteiger partial charge < -0.3 is 20.6 Å². The van der Waals surface area contributed by atoms with Gasteiger partial charge >= 0.3 is 6.03 Å². The number of carbonyl (C=O) groups is 1. The van der Waals surface area contributed by atoms with Crippen LogP contribution in [0.3, 0.4) is 0 Å². The van der Waals surface area contributed by atoms with Crippen molar-refractivity contribution in [2.45, 2.75) is 43.7 Å². The summed E-state index contributed by atoms with van der Waals surface area (Å²) in [6.45, 7) is 4.87.